The average Bonchev–Trinajstić information content (AvgIpc) is 2.42. The number of hydrogen-bond donors (Lipinski definition) is 1. The van der Waals surface area contributed by atoms with E-state index in [4.69, 9.17) is 4.74 Å². The topological polar surface area (TPSA) is 41.6 Å². The predicted octanol–water partition coefficient (Wildman–Crippen LogP) is 2.26. The number of piperidine rings is 1. The zero-order valence-corrected chi connectivity index (χ0v) is 12.1. The number of hydrogen-bond acceptors (Lipinski definition) is 4. The van der Waals surface area contributed by atoms with Gasteiger partial charge in [0.2, 0.25) is 0 Å². The lowest BCUT2D eigenvalue weighted by Gasteiger charge is -2.43. The molecule has 1 aromatic carbocycles. The molecular weight excluding hydrogens is 259 g/mol. The standard InChI is InChI=1S/C15H21FN2O2/c1-11-10-15(14(19)20-3,7-8-18(11)2)17-13-6-4-5-12(16)9-13/h4-6,9,11,17H,7-8,10H2,1-3H3. The first-order valence-corrected chi connectivity index (χ1v) is 6.79. The van der Waals surface area contributed by atoms with Gasteiger partial charge in [0.25, 0.3) is 0 Å². The minimum atomic E-state index is -0.783. The summed E-state index contributed by atoms with van der Waals surface area (Å²) in [6.07, 6.45) is 1.27. The van der Waals surface area contributed by atoms with Crippen LogP contribution >= 0.6 is 0 Å². The van der Waals surface area contributed by atoms with Crippen LogP contribution in [0, 0.1) is 5.82 Å². The van der Waals surface area contributed by atoms with Crippen LogP contribution in [0.4, 0.5) is 10.1 Å². The number of carbonyl (C=O) groups is 1. The van der Waals surface area contributed by atoms with E-state index in [9.17, 15) is 9.18 Å². The average molecular weight is 280 g/mol. The number of nitrogens with one attached hydrogen (secondary N) is 1. The molecule has 5 heteroatoms. The molecule has 0 radical (unpaired) electrons. The van der Waals surface area contributed by atoms with E-state index in [1.54, 1.807) is 12.1 Å². The zero-order chi connectivity index (χ0) is 14.8. The lowest BCUT2D eigenvalue weighted by atomic mass is 9.83. The molecule has 0 saturated carbocycles. The van der Waals surface area contributed by atoms with Crippen LogP contribution in [0.2, 0.25) is 0 Å². The van der Waals surface area contributed by atoms with Gasteiger partial charge in [0.05, 0.1) is 7.11 Å². The summed E-state index contributed by atoms with van der Waals surface area (Å²) >= 11 is 0. The summed E-state index contributed by atoms with van der Waals surface area (Å²) in [7, 11) is 3.42. The van der Waals surface area contributed by atoms with Crippen molar-refractivity contribution in [3.05, 3.63) is 30.1 Å². The Bertz CT molecular complexity index is 495. The Hall–Kier alpha value is -1.62. The molecule has 0 spiro atoms. The second-order valence-electron chi connectivity index (χ2n) is 5.49. The van der Waals surface area contributed by atoms with Crippen molar-refractivity contribution < 1.29 is 13.9 Å². The van der Waals surface area contributed by atoms with E-state index in [-0.39, 0.29) is 17.8 Å². The number of esters is 1. The third-order valence-corrected chi connectivity index (χ3v) is 4.07. The summed E-state index contributed by atoms with van der Waals surface area (Å²) in [5.74, 6) is -0.613. The van der Waals surface area contributed by atoms with E-state index in [0.717, 1.165) is 6.54 Å². The third kappa shape index (κ3) is 2.93. The molecule has 2 atom stereocenters. The Kier molecular flexibility index (Phi) is 4.28. The van der Waals surface area contributed by atoms with Crippen LogP contribution in [-0.2, 0) is 9.53 Å². The predicted molar refractivity (Wildman–Crippen MR) is 76.1 cm³/mol. The molecule has 1 saturated heterocycles. The highest BCUT2D eigenvalue weighted by atomic mass is 19.1. The van der Waals surface area contributed by atoms with Gasteiger partial charge in [0, 0.05) is 18.3 Å². The second-order valence-corrected chi connectivity index (χ2v) is 5.49. The van der Waals surface area contributed by atoms with Gasteiger partial charge < -0.3 is 15.0 Å². The first-order chi connectivity index (χ1) is 9.47. The number of likely N-dealkylation sites (tertiary alicyclic amines) is 1. The van der Waals surface area contributed by atoms with E-state index < -0.39 is 5.54 Å². The minimum absolute atomic E-state index is 0.254. The maximum Gasteiger partial charge on any atom is 0.331 e. The quantitative estimate of drug-likeness (QED) is 0.862. The van der Waals surface area contributed by atoms with Gasteiger partial charge in [0.15, 0.2) is 0 Å². The van der Waals surface area contributed by atoms with Crippen molar-refractivity contribution in [2.75, 3.05) is 26.0 Å². The first-order valence-electron chi connectivity index (χ1n) is 6.79. The van der Waals surface area contributed by atoms with Gasteiger partial charge >= 0.3 is 5.97 Å². The van der Waals surface area contributed by atoms with Gasteiger partial charge in [-0.3, -0.25) is 0 Å². The Morgan fingerprint density at radius 2 is 2.30 bits per heavy atom. The Morgan fingerprint density at radius 1 is 1.55 bits per heavy atom. The van der Waals surface area contributed by atoms with Crippen LogP contribution in [0.3, 0.4) is 0 Å². The largest absolute Gasteiger partial charge is 0.467 e. The van der Waals surface area contributed by atoms with Crippen molar-refractivity contribution in [2.45, 2.75) is 31.3 Å². The number of benzene rings is 1. The molecule has 0 amide bonds. The summed E-state index contributed by atoms with van der Waals surface area (Å²) in [5.41, 5.74) is -0.179. The molecule has 1 fully saturated rings. The second kappa shape index (κ2) is 5.79. The maximum atomic E-state index is 13.3. The fourth-order valence-corrected chi connectivity index (χ4v) is 2.74. The summed E-state index contributed by atoms with van der Waals surface area (Å²) in [4.78, 5) is 14.4. The summed E-state index contributed by atoms with van der Waals surface area (Å²) in [5, 5.41) is 3.20. The first kappa shape index (κ1) is 14.8. The van der Waals surface area contributed by atoms with Gasteiger partial charge in [-0.15, -0.1) is 0 Å². The smallest absolute Gasteiger partial charge is 0.331 e. The van der Waals surface area contributed by atoms with Crippen LogP contribution in [0.5, 0.6) is 0 Å². The molecule has 20 heavy (non-hydrogen) atoms. The van der Waals surface area contributed by atoms with Gasteiger partial charge in [-0.25, -0.2) is 9.18 Å². The van der Waals surface area contributed by atoms with Crippen LogP contribution in [0.25, 0.3) is 0 Å². The number of anilines is 1. The number of rotatable bonds is 3. The molecule has 110 valence electrons. The van der Waals surface area contributed by atoms with Gasteiger partial charge in [-0.2, -0.15) is 0 Å². The Labute approximate surface area is 118 Å². The normalized spacial score (nSPS) is 27.1. The summed E-state index contributed by atoms with van der Waals surface area (Å²) < 4.78 is 18.3. The molecule has 1 N–H and O–H groups in total. The molecule has 0 bridgehead atoms. The van der Waals surface area contributed by atoms with E-state index in [1.807, 2.05) is 7.05 Å². The molecule has 0 aromatic heterocycles. The van der Waals surface area contributed by atoms with E-state index in [0.29, 0.717) is 18.5 Å². The fraction of sp³-hybridized carbons (Fsp3) is 0.533. The summed E-state index contributed by atoms with van der Waals surface area (Å²) in [6, 6.07) is 6.42. The van der Waals surface area contributed by atoms with Gasteiger partial charge in [0.1, 0.15) is 11.4 Å². The monoisotopic (exact) mass is 280 g/mol. The maximum absolute atomic E-state index is 13.3. The fourth-order valence-electron chi connectivity index (χ4n) is 2.74. The van der Waals surface area contributed by atoms with E-state index in [2.05, 4.69) is 17.1 Å². The van der Waals surface area contributed by atoms with Crippen molar-refractivity contribution in [2.24, 2.45) is 0 Å². The molecule has 1 aromatic rings. The van der Waals surface area contributed by atoms with E-state index >= 15 is 0 Å². The molecule has 0 aliphatic carbocycles. The molecule has 1 aliphatic rings. The number of nitrogens with zero attached hydrogens (tertiary/aromatic N) is 1. The number of ether oxygens (including phenoxy) is 1. The molecule has 1 heterocycles. The Morgan fingerprint density at radius 3 is 2.90 bits per heavy atom. The highest BCUT2D eigenvalue weighted by molar-refractivity contribution is 5.84. The van der Waals surface area contributed by atoms with Crippen molar-refractivity contribution in [3.63, 3.8) is 0 Å². The zero-order valence-electron chi connectivity index (χ0n) is 12.1. The molecule has 1 aliphatic heterocycles. The summed E-state index contributed by atoms with van der Waals surface area (Å²) in [6.45, 7) is 2.86. The highest BCUT2D eigenvalue weighted by Crippen LogP contribution is 2.31. The van der Waals surface area contributed by atoms with E-state index in [1.165, 1.54) is 19.2 Å². The van der Waals surface area contributed by atoms with Crippen molar-refractivity contribution in [1.29, 1.82) is 0 Å². The molecule has 2 unspecified atom stereocenters. The van der Waals surface area contributed by atoms with Gasteiger partial charge in [-0.05, 0) is 45.0 Å². The highest BCUT2D eigenvalue weighted by Gasteiger charge is 2.44. The van der Waals surface area contributed by atoms with Crippen molar-refractivity contribution in [3.8, 4) is 0 Å². The molecular formula is C15H21FN2O2. The Balaban J connectivity index is 2.26. The third-order valence-electron chi connectivity index (χ3n) is 4.07. The van der Waals surface area contributed by atoms with Crippen LogP contribution in [0.1, 0.15) is 19.8 Å². The van der Waals surface area contributed by atoms with Crippen molar-refractivity contribution in [1.82, 2.24) is 4.90 Å². The lowest BCUT2D eigenvalue weighted by Crippen LogP contribution is -2.57. The van der Waals surface area contributed by atoms with Crippen LogP contribution < -0.4 is 5.32 Å². The van der Waals surface area contributed by atoms with Crippen LogP contribution in [-0.4, -0.2) is 43.2 Å². The lowest BCUT2D eigenvalue weighted by molar-refractivity contribution is -0.148. The van der Waals surface area contributed by atoms with Gasteiger partial charge in [-0.1, -0.05) is 6.07 Å². The minimum Gasteiger partial charge on any atom is -0.467 e. The molecule has 2 rings (SSSR count). The van der Waals surface area contributed by atoms with Crippen molar-refractivity contribution >= 4 is 11.7 Å². The van der Waals surface area contributed by atoms with Crippen LogP contribution in [0.15, 0.2) is 24.3 Å². The molecule has 4 nitrogen and oxygen atoms in total. The SMILES string of the molecule is COC(=O)C1(Nc2cccc(F)c2)CCN(C)C(C)C1. The number of halogens is 1. The number of methoxy groups -OCH3 is 1. The number of carbonyl (C=O) groups excluding carboxylic acids is 1.